The number of amides is 3. The third kappa shape index (κ3) is 4.01. The van der Waals surface area contributed by atoms with Crippen LogP contribution in [0.25, 0.3) is 0 Å². The summed E-state index contributed by atoms with van der Waals surface area (Å²) in [6.07, 6.45) is -3.39. The van der Waals surface area contributed by atoms with E-state index in [4.69, 9.17) is 0 Å². The summed E-state index contributed by atoms with van der Waals surface area (Å²) in [5.74, 6) is -0.127. The van der Waals surface area contributed by atoms with Gasteiger partial charge < -0.3 is 15.1 Å². The molecule has 1 unspecified atom stereocenters. The van der Waals surface area contributed by atoms with Crippen LogP contribution in [0.2, 0.25) is 0 Å². The Balaban J connectivity index is 1.80. The van der Waals surface area contributed by atoms with Crippen molar-refractivity contribution in [3.8, 4) is 0 Å². The summed E-state index contributed by atoms with van der Waals surface area (Å²) in [5, 5.41) is 2.28. The molecular formula is C12H18F3N3O2. The summed E-state index contributed by atoms with van der Waals surface area (Å²) in [7, 11) is 0. The number of hydrogen-bond donors (Lipinski definition) is 1. The molecule has 0 aromatic heterocycles. The number of halogens is 3. The van der Waals surface area contributed by atoms with Gasteiger partial charge >= 0.3 is 12.2 Å². The average Bonchev–Trinajstić information content (AvgIpc) is 3.09. The number of urea groups is 1. The Hall–Kier alpha value is -1.47. The van der Waals surface area contributed by atoms with E-state index < -0.39 is 24.7 Å². The van der Waals surface area contributed by atoms with Gasteiger partial charge in [-0.15, -0.1) is 0 Å². The highest BCUT2D eigenvalue weighted by molar-refractivity contribution is 5.85. The molecule has 0 spiro atoms. The van der Waals surface area contributed by atoms with Crippen molar-refractivity contribution in [2.24, 2.45) is 0 Å². The van der Waals surface area contributed by atoms with Crippen molar-refractivity contribution in [3.05, 3.63) is 0 Å². The molecule has 1 atom stereocenters. The predicted molar refractivity (Wildman–Crippen MR) is 65.0 cm³/mol. The fourth-order valence-corrected chi connectivity index (χ4v) is 2.33. The number of nitrogens with zero attached hydrogens (tertiary/aromatic N) is 2. The topological polar surface area (TPSA) is 52.7 Å². The van der Waals surface area contributed by atoms with Crippen molar-refractivity contribution < 1.29 is 22.8 Å². The monoisotopic (exact) mass is 293 g/mol. The lowest BCUT2D eigenvalue weighted by Crippen LogP contribution is -2.56. The summed E-state index contributed by atoms with van der Waals surface area (Å²) in [4.78, 5) is 26.7. The third-order valence-corrected chi connectivity index (χ3v) is 3.44. The Morgan fingerprint density at radius 2 is 2.05 bits per heavy atom. The van der Waals surface area contributed by atoms with Gasteiger partial charge in [0.05, 0.1) is 6.42 Å². The van der Waals surface area contributed by atoms with Gasteiger partial charge in [0, 0.05) is 25.2 Å². The zero-order valence-electron chi connectivity index (χ0n) is 11.2. The largest absolute Gasteiger partial charge is 0.391 e. The number of rotatable bonds is 3. The second-order valence-corrected chi connectivity index (χ2v) is 5.41. The van der Waals surface area contributed by atoms with E-state index in [-0.39, 0.29) is 12.5 Å². The van der Waals surface area contributed by atoms with Crippen molar-refractivity contribution >= 4 is 11.9 Å². The minimum Gasteiger partial charge on any atom is -0.336 e. The Kier molecular flexibility index (Phi) is 4.10. The highest BCUT2D eigenvalue weighted by Crippen LogP contribution is 2.28. The molecule has 2 rings (SSSR count). The normalized spacial score (nSPS) is 21.9. The summed E-state index contributed by atoms with van der Waals surface area (Å²) in [5.41, 5.74) is 0. The van der Waals surface area contributed by atoms with Gasteiger partial charge in [-0.2, -0.15) is 13.2 Å². The minimum absolute atomic E-state index is 0.0545. The molecule has 1 N–H and O–H groups in total. The van der Waals surface area contributed by atoms with E-state index in [1.54, 1.807) is 4.90 Å². The Morgan fingerprint density at radius 1 is 1.40 bits per heavy atom. The lowest BCUT2D eigenvalue weighted by atomic mass is 10.2. The third-order valence-electron chi connectivity index (χ3n) is 3.44. The summed E-state index contributed by atoms with van der Waals surface area (Å²) < 4.78 is 36.5. The zero-order chi connectivity index (χ0) is 14.9. The number of piperazine rings is 1. The van der Waals surface area contributed by atoms with E-state index in [1.807, 2.05) is 0 Å². The molecule has 1 aliphatic carbocycles. The van der Waals surface area contributed by atoms with Gasteiger partial charge in [-0.1, -0.05) is 0 Å². The molecule has 114 valence electrons. The standard InChI is InChI=1S/C12H18F3N3O2/c1-8(6-12(13,14)15)16-11(20)17-4-5-18(9-2-3-9)10(19)7-17/h8-9H,2-7H2,1H3,(H,16,20). The first-order valence-electron chi connectivity index (χ1n) is 6.68. The molecule has 3 amide bonds. The van der Waals surface area contributed by atoms with E-state index in [0.717, 1.165) is 12.8 Å². The molecule has 2 fully saturated rings. The Morgan fingerprint density at radius 3 is 2.55 bits per heavy atom. The second kappa shape index (κ2) is 5.49. The molecule has 20 heavy (non-hydrogen) atoms. The molecule has 2 aliphatic rings. The van der Waals surface area contributed by atoms with Crippen LogP contribution in [0.5, 0.6) is 0 Å². The lowest BCUT2D eigenvalue weighted by Gasteiger charge is -2.35. The maximum absolute atomic E-state index is 12.2. The fourth-order valence-electron chi connectivity index (χ4n) is 2.33. The van der Waals surface area contributed by atoms with E-state index in [1.165, 1.54) is 11.8 Å². The van der Waals surface area contributed by atoms with Gasteiger partial charge in [0.2, 0.25) is 5.91 Å². The van der Waals surface area contributed by atoms with Crippen LogP contribution < -0.4 is 5.32 Å². The highest BCUT2D eigenvalue weighted by atomic mass is 19.4. The van der Waals surface area contributed by atoms with Crippen LogP contribution in [0.3, 0.4) is 0 Å². The van der Waals surface area contributed by atoms with Crippen LogP contribution in [0.4, 0.5) is 18.0 Å². The van der Waals surface area contributed by atoms with E-state index in [0.29, 0.717) is 19.1 Å². The molecule has 0 radical (unpaired) electrons. The van der Waals surface area contributed by atoms with E-state index in [2.05, 4.69) is 5.32 Å². The van der Waals surface area contributed by atoms with Crippen molar-refractivity contribution in [3.63, 3.8) is 0 Å². The first-order chi connectivity index (χ1) is 9.26. The van der Waals surface area contributed by atoms with E-state index in [9.17, 15) is 22.8 Å². The molecule has 8 heteroatoms. The smallest absolute Gasteiger partial charge is 0.336 e. The molecule has 5 nitrogen and oxygen atoms in total. The zero-order valence-corrected chi connectivity index (χ0v) is 11.2. The van der Waals surface area contributed by atoms with Crippen LogP contribution in [0.15, 0.2) is 0 Å². The minimum atomic E-state index is -4.31. The summed E-state index contributed by atoms with van der Waals surface area (Å²) in [6, 6.07) is -1.30. The number of carbonyl (C=O) groups excluding carboxylic acids is 2. The molecule has 0 aromatic carbocycles. The van der Waals surface area contributed by atoms with Crippen LogP contribution in [0.1, 0.15) is 26.2 Å². The van der Waals surface area contributed by atoms with Crippen molar-refractivity contribution in [2.45, 2.75) is 44.4 Å². The van der Waals surface area contributed by atoms with Crippen LogP contribution in [0, 0.1) is 0 Å². The first kappa shape index (κ1) is 14.9. The predicted octanol–water partition coefficient (Wildman–Crippen LogP) is 1.34. The van der Waals surface area contributed by atoms with Crippen molar-refractivity contribution in [2.75, 3.05) is 19.6 Å². The molecule has 0 bridgehead atoms. The van der Waals surface area contributed by atoms with Crippen LogP contribution in [-0.2, 0) is 4.79 Å². The molecule has 1 aliphatic heterocycles. The van der Waals surface area contributed by atoms with Gasteiger partial charge in [0.15, 0.2) is 0 Å². The Labute approximate surface area is 115 Å². The maximum atomic E-state index is 12.2. The van der Waals surface area contributed by atoms with Crippen molar-refractivity contribution in [1.29, 1.82) is 0 Å². The van der Waals surface area contributed by atoms with Crippen molar-refractivity contribution in [1.82, 2.24) is 15.1 Å². The van der Waals surface area contributed by atoms with Gasteiger partial charge in [0.1, 0.15) is 6.54 Å². The highest BCUT2D eigenvalue weighted by Gasteiger charge is 2.37. The molecule has 1 heterocycles. The maximum Gasteiger partial charge on any atom is 0.391 e. The lowest BCUT2D eigenvalue weighted by molar-refractivity contribution is -0.139. The fraction of sp³-hybridized carbons (Fsp3) is 0.833. The van der Waals surface area contributed by atoms with Gasteiger partial charge in [-0.25, -0.2) is 4.79 Å². The van der Waals surface area contributed by atoms with Gasteiger partial charge in [-0.3, -0.25) is 4.79 Å². The molecule has 0 aromatic rings. The van der Waals surface area contributed by atoms with E-state index >= 15 is 0 Å². The number of alkyl halides is 3. The van der Waals surface area contributed by atoms with Crippen LogP contribution >= 0.6 is 0 Å². The van der Waals surface area contributed by atoms with Gasteiger partial charge in [0.25, 0.3) is 0 Å². The SMILES string of the molecule is CC(CC(F)(F)F)NC(=O)N1CCN(C2CC2)C(=O)C1. The first-order valence-corrected chi connectivity index (χ1v) is 6.68. The quantitative estimate of drug-likeness (QED) is 0.854. The number of nitrogens with one attached hydrogen (secondary N) is 1. The summed E-state index contributed by atoms with van der Waals surface area (Å²) >= 11 is 0. The van der Waals surface area contributed by atoms with Gasteiger partial charge in [-0.05, 0) is 19.8 Å². The van der Waals surface area contributed by atoms with Crippen LogP contribution in [-0.4, -0.2) is 59.6 Å². The molecule has 1 saturated carbocycles. The Bertz CT molecular complexity index is 396. The molecule has 1 saturated heterocycles. The number of carbonyl (C=O) groups is 2. The second-order valence-electron chi connectivity index (χ2n) is 5.41. The summed E-state index contributed by atoms with van der Waals surface area (Å²) in [6.45, 7) is 2.08. The number of hydrogen-bond acceptors (Lipinski definition) is 2. The average molecular weight is 293 g/mol. The molecular weight excluding hydrogens is 275 g/mol.